The summed E-state index contributed by atoms with van der Waals surface area (Å²) in [6, 6.07) is 10.6. The molecule has 6 nitrogen and oxygen atoms in total. The lowest BCUT2D eigenvalue weighted by Crippen LogP contribution is -2.40. The van der Waals surface area contributed by atoms with Gasteiger partial charge in [-0.3, -0.25) is 4.79 Å². The van der Waals surface area contributed by atoms with Crippen molar-refractivity contribution in [3.8, 4) is 0 Å². The number of carbonyl (C=O) groups excluding carboxylic acids is 1. The Hall–Kier alpha value is -2.00. The van der Waals surface area contributed by atoms with Gasteiger partial charge in [0.05, 0.1) is 18.1 Å². The largest absolute Gasteiger partial charge is 0.379 e. The van der Waals surface area contributed by atoms with Crippen LogP contribution in [0.3, 0.4) is 0 Å². The molecule has 0 aliphatic carbocycles. The summed E-state index contributed by atoms with van der Waals surface area (Å²) in [7, 11) is -3.49. The molecule has 1 aromatic heterocycles. The third-order valence-electron chi connectivity index (χ3n) is 4.17. The van der Waals surface area contributed by atoms with E-state index < -0.39 is 10.0 Å². The van der Waals surface area contributed by atoms with E-state index in [2.05, 4.69) is 5.32 Å². The number of ether oxygens (including phenoxy) is 1. The van der Waals surface area contributed by atoms with Crippen molar-refractivity contribution < 1.29 is 17.9 Å². The molecule has 0 spiro atoms. The number of carbonyl (C=O) groups is 1. The van der Waals surface area contributed by atoms with Crippen LogP contribution in [-0.4, -0.2) is 51.5 Å². The van der Waals surface area contributed by atoms with E-state index in [1.165, 1.54) is 15.3 Å². The maximum atomic E-state index is 12.6. The van der Waals surface area contributed by atoms with E-state index in [1.54, 1.807) is 41.7 Å². The molecule has 27 heavy (non-hydrogen) atoms. The molecule has 0 unspecified atom stereocenters. The first-order valence-corrected chi connectivity index (χ1v) is 11.0. The molecule has 2 aromatic rings. The zero-order valence-corrected chi connectivity index (χ0v) is 16.5. The Balaban J connectivity index is 1.53. The Kier molecular flexibility index (Phi) is 6.78. The number of nitrogens with zero attached hydrogens (tertiary/aromatic N) is 1. The molecule has 8 heteroatoms. The van der Waals surface area contributed by atoms with E-state index in [4.69, 9.17) is 4.74 Å². The van der Waals surface area contributed by atoms with Gasteiger partial charge >= 0.3 is 0 Å². The van der Waals surface area contributed by atoms with Crippen LogP contribution in [0.1, 0.15) is 10.4 Å². The van der Waals surface area contributed by atoms with Crippen LogP contribution < -0.4 is 5.32 Å². The summed E-state index contributed by atoms with van der Waals surface area (Å²) in [6.45, 7) is 2.16. The topological polar surface area (TPSA) is 75.7 Å². The average molecular weight is 407 g/mol. The van der Waals surface area contributed by atoms with Gasteiger partial charge in [-0.05, 0) is 41.6 Å². The summed E-state index contributed by atoms with van der Waals surface area (Å²) in [5.74, 6) is -0.170. The lowest BCUT2D eigenvalue weighted by Gasteiger charge is -2.26. The smallest absolute Gasteiger partial charge is 0.244 e. The van der Waals surface area contributed by atoms with Crippen molar-refractivity contribution in [3.63, 3.8) is 0 Å². The molecule has 3 rings (SSSR count). The van der Waals surface area contributed by atoms with E-state index in [-0.39, 0.29) is 10.8 Å². The zero-order valence-electron chi connectivity index (χ0n) is 14.8. The van der Waals surface area contributed by atoms with Gasteiger partial charge in [-0.1, -0.05) is 18.2 Å². The Morgan fingerprint density at radius 3 is 2.59 bits per heavy atom. The molecule has 1 fully saturated rings. The molecular weight excluding hydrogens is 384 g/mol. The van der Waals surface area contributed by atoms with Gasteiger partial charge < -0.3 is 10.1 Å². The first-order chi connectivity index (χ1) is 13.1. The second kappa shape index (κ2) is 9.27. The van der Waals surface area contributed by atoms with Gasteiger partial charge in [-0.2, -0.15) is 4.31 Å². The van der Waals surface area contributed by atoms with Gasteiger partial charge in [0.1, 0.15) is 0 Å². The van der Waals surface area contributed by atoms with Crippen LogP contribution >= 0.6 is 11.3 Å². The van der Waals surface area contributed by atoms with Crippen molar-refractivity contribution >= 4 is 33.3 Å². The molecule has 1 amide bonds. The molecule has 1 aliphatic rings. The number of morpholine rings is 1. The third kappa shape index (κ3) is 5.49. The molecule has 144 valence electrons. The summed E-state index contributed by atoms with van der Waals surface area (Å²) in [4.78, 5) is 13.4. The first kappa shape index (κ1) is 19.8. The van der Waals surface area contributed by atoms with Crippen LogP contribution in [0.5, 0.6) is 0 Å². The van der Waals surface area contributed by atoms with Crippen molar-refractivity contribution in [2.75, 3.05) is 32.8 Å². The fourth-order valence-corrected chi connectivity index (χ4v) is 4.80. The van der Waals surface area contributed by atoms with Crippen LogP contribution in [-0.2, 0) is 26.0 Å². The Morgan fingerprint density at radius 1 is 1.19 bits per heavy atom. The van der Waals surface area contributed by atoms with Gasteiger partial charge in [0.15, 0.2) is 0 Å². The van der Waals surface area contributed by atoms with Crippen molar-refractivity contribution in [1.29, 1.82) is 0 Å². The number of hydrogen-bond acceptors (Lipinski definition) is 5. The normalized spacial score (nSPS) is 15.9. The van der Waals surface area contributed by atoms with Gasteiger partial charge in [0.25, 0.3) is 0 Å². The predicted molar refractivity (Wildman–Crippen MR) is 106 cm³/mol. The summed E-state index contributed by atoms with van der Waals surface area (Å²) in [6.07, 6.45) is 3.94. The monoisotopic (exact) mass is 406 g/mol. The highest BCUT2D eigenvalue weighted by atomic mass is 32.2. The number of nitrogens with one attached hydrogen (secondary N) is 1. The quantitative estimate of drug-likeness (QED) is 0.715. The van der Waals surface area contributed by atoms with Crippen molar-refractivity contribution in [2.24, 2.45) is 0 Å². The molecule has 0 bridgehead atoms. The van der Waals surface area contributed by atoms with E-state index in [0.29, 0.717) is 32.8 Å². The number of amides is 1. The molecule has 1 aromatic carbocycles. The molecule has 0 radical (unpaired) electrons. The fraction of sp³-hybridized carbons (Fsp3) is 0.316. The molecule has 1 saturated heterocycles. The number of benzene rings is 1. The lowest BCUT2D eigenvalue weighted by molar-refractivity contribution is -0.116. The minimum Gasteiger partial charge on any atom is -0.379 e. The highest BCUT2D eigenvalue weighted by molar-refractivity contribution is 7.89. The summed E-state index contributed by atoms with van der Waals surface area (Å²) < 4.78 is 31.8. The number of thiophene rings is 1. The molecule has 2 heterocycles. The summed E-state index contributed by atoms with van der Waals surface area (Å²) >= 11 is 1.67. The SMILES string of the molecule is O=C(/C=C/c1ccc(S(=O)(=O)N2CCOCC2)cc1)NCCc1cccs1. The Bertz CT molecular complexity index is 869. The highest BCUT2D eigenvalue weighted by Crippen LogP contribution is 2.18. The van der Waals surface area contributed by atoms with Gasteiger partial charge in [-0.25, -0.2) is 8.42 Å². The number of sulfonamides is 1. The van der Waals surface area contributed by atoms with Crippen LogP contribution in [0.25, 0.3) is 6.08 Å². The van der Waals surface area contributed by atoms with Gasteiger partial charge in [-0.15, -0.1) is 11.3 Å². The standard InChI is InChI=1S/C19H22N2O4S2/c22-19(20-10-9-17-2-1-15-26-17)8-5-16-3-6-18(7-4-16)27(23,24)21-11-13-25-14-12-21/h1-8,15H,9-14H2,(H,20,22)/b8-5+. The second-order valence-electron chi connectivity index (χ2n) is 6.04. The van der Waals surface area contributed by atoms with Crippen molar-refractivity contribution in [1.82, 2.24) is 9.62 Å². The molecule has 1 N–H and O–H groups in total. The van der Waals surface area contributed by atoms with E-state index >= 15 is 0 Å². The van der Waals surface area contributed by atoms with Crippen LogP contribution in [0, 0.1) is 0 Å². The fourth-order valence-electron chi connectivity index (χ4n) is 2.68. The van der Waals surface area contributed by atoms with Crippen molar-refractivity contribution in [2.45, 2.75) is 11.3 Å². The maximum Gasteiger partial charge on any atom is 0.244 e. The van der Waals surface area contributed by atoms with E-state index in [1.807, 2.05) is 17.5 Å². The highest BCUT2D eigenvalue weighted by Gasteiger charge is 2.25. The van der Waals surface area contributed by atoms with Crippen molar-refractivity contribution in [3.05, 3.63) is 58.3 Å². The van der Waals surface area contributed by atoms with Crippen LogP contribution in [0.4, 0.5) is 0 Å². The van der Waals surface area contributed by atoms with Crippen LogP contribution in [0.15, 0.2) is 52.7 Å². The lowest BCUT2D eigenvalue weighted by atomic mass is 10.2. The molecule has 0 atom stereocenters. The minimum atomic E-state index is -3.49. The summed E-state index contributed by atoms with van der Waals surface area (Å²) in [5, 5.41) is 4.85. The van der Waals surface area contributed by atoms with E-state index in [0.717, 1.165) is 12.0 Å². The zero-order chi connectivity index (χ0) is 19.1. The maximum absolute atomic E-state index is 12.6. The Morgan fingerprint density at radius 2 is 1.93 bits per heavy atom. The molecular formula is C19H22N2O4S2. The van der Waals surface area contributed by atoms with E-state index in [9.17, 15) is 13.2 Å². The Labute approximate surface area is 163 Å². The molecule has 1 aliphatic heterocycles. The third-order valence-corrected chi connectivity index (χ3v) is 7.01. The number of hydrogen-bond donors (Lipinski definition) is 1. The second-order valence-corrected chi connectivity index (χ2v) is 9.01. The molecule has 0 saturated carbocycles. The van der Waals surface area contributed by atoms with Crippen LogP contribution in [0.2, 0.25) is 0 Å². The van der Waals surface area contributed by atoms with Gasteiger partial charge in [0, 0.05) is 30.6 Å². The average Bonchev–Trinajstić information content (AvgIpc) is 3.21. The minimum absolute atomic E-state index is 0.170. The summed E-state index contributed by atoms with van der Waals surface area (Å²) in [5.41, 5.74) is 0.768. The number of rotatable bonds is 7. The first-order valence-electron chi connectivity index (χ1n) is 8.72. The van der Waals surface area contributed by atoms with Gasteiger partial charge in [0.2, 0.25) is 15.9 Å². The predicted octanol–water partition coefficient (Wildman–Crippen LogP) is 2.14.